The number of carbonyl (C=O) groups is 1. The molecule has 0 atom stereocenters. The second kappa shape index (κ2) is 8.74. The van der Waals surface area contributed by atoms with Crippen LogP contribution in [0, 0.1) is 0 Å². The van der Waals surface area contributed by atoms with Crippen LogP contribution in [-0.2, 0) is 6.54 Å². The van der Waals surface area contributed by atoms with E-state index in [9.17, 15) is 9.90 Å². The number of carbonyl (C=O) groups excluding carboxylic acids is 1. The van der Waals surface area contributed by atoms with Crippen LogP contribution in [-0.4, -0.2) is 71.2 Å². The Bertz CT molecular complexity index is 864. The first-order chi connectivity index (χ1) is 14.2. The maximum absolute atomic E-state index is 12.9. The highest BCUT2D eigenvalue weighted by atomic mass is 16.3. The predicted molar refractivity (Wildman–Crippen MR) is 116 cm³/mol. The van der Waals surface area contributed by atoms with Crippen LogP contribution >= 0.6 is 0 Å². The molecule has 6 heteroatoms. The fraction of sp³-hybridized carbons (Fsp3) is 0.435. The monoisotopic (exact) mass is 394 g/mol. The minimum absolute atomic E-state index is 0.148. The Hall–Kier alpha value is -2.73. The van der Waals surface area contributed by atoms with Crippen LogP contribution in [0.4, 0.5) is 5.69 Å². The van der Waals surface area contributed by atoms with Crippen molar-refractivity contribution in [1.82, 2.24) is 14.4 Å². The van der Waals surface area contributed by atoms with Crippen LogP contribution in [0.5, 0.6) is 5.75 Å². The number of amides is 1. The summed E-state index contributed by atoms with van der Waals surface area (Å²) in [5, 5.41) is 9.45. The Morgan fingerprint density at radius 3 is 2.48 bits per heavy atom. The third kappa shape index (κ3) is 4.32. The van der Waals surface area contributed by atoms with Gasteiger partial charge in [-0.3, -0.25) is 9.69 Å². The predicted octanol–water partition coefficient (Wildman–Crippen LogP) is 2.89. The molecule has 6 nitrogen and oxygen atoms in total. The van der Waals surface area contributed by atoms with Crippen LogP contribution in [0.25, 0.3) is 6.08 Å². The lowest BCUT2D eigenvalue weighted by molar-refractivity contribution is 0.0767. The normalized spacial score (nSPS) is 17.5. The van der Waals surface area contributed by atoms with Crippen LogP contribution < -0.4 is 4.90 Å². The summed E-state index contributed by atoms with van der Waals surface area (Å²) in [6.45, 7) is 9.50. The first-order valence-corrected chi connectivity index (χ1v) is 10.6. The van der Waals surface area contributed by atoms with Crippen LogP contribution in [0.1, 0.15) is 29.4 Å². The summed E-state index contributed by atoms with van der Waals surface area (Å²) in [5.74, 6) is 0.457. The molecule has 4 rings (SSSR count). The number of phenols is 1. The van der Waals surface area contributed by atoms with E-state index in [0.717, 1.165) is 63.5 Å². The van der Waals surface area contributed by atoms with Gasteiger partial charge in [-0.15, -0.1) is 0 Å². The molecule has 0 saturated carbocycles. The number of aryl methyl sites for hydroxylation is 1. The Morgan fingerprint density at radius 1 is 1.00 bits per heavy atom. The zero-order valence-electron chi connectivity index (χ0n) is 17.1. The maximum atomic E-state index is 12.9. The molecule has 0 spiro atoms. The number of phenolic OH excluding ortho intramolecular Hbond substituents is 1. The Balaban J connectivity index is 1.25. The van der Waals surface area contributed by atoms with E-state index in [1.807, 2.05) is 29.3 Å². The third-order valence-corrected chi connectivity index (χ3v) is 5.96. The Morgan fingerprint density at radius 2 is 1.76 bits per heavy atom. The van der Waals surface area contributed by atoms with Crippen molar-refractivity contribution in [3.63, 3.8) is 0 Å². The largest absolute Gasteiger partial charge is 0.508 e. The molecular weight excluding hydrogens is 364 g/mol. The van der Waals surface area contributed by atoms with Gasteiger partial charge in [-0.05, 0) is 56.3 Å². The molecule has 154 valence electrons. The number of aromatic nitrogens is 1. The number of anilines is 1. The van der Waals surface area contributed by atoms with Crippen LogP contribution in [0.15, 0.2) is 42.6 Å². The van der Waals surface area contributed by atoms with E-state index in [1.54, 1.807) is 12.1 Å². The standard InChI is InChI=1S/C23H30N4O2/c1-2-25-14-10-21-22(25)5-3-12-27(23(21)29)13-4-11-24-15-17-26(18-16-24)19-6-8-20(28)9-7-19/h3,5-10,14,28H,2,4,11-13,15-18H2,1H3. The number of benzene rings is 1. The highest BCUT2D eigenvalue weighted by Crippen LogP contribution is 2.21. The molecule has 1 fully saturated rings. The van der Waals surface area contributed by atoms with Gasteiger partial charge in [0.2, 0.25) is 0 Å². The molecule has 1 aromatic carbocycles. The minimum Gasteiger partial charge on any atom is -0.508 e. The highest BCUT2D eigenvalue weighted by molar-refractivity contribution is 5.98. The lowest BCUT2D eigenvalue weighted by Crippen LogP contribution is -2.47. The van der Waals surface area contributed by atoms with E-state index in [0.29, 0.717) is 12.3 Å². The molecule has 0 radical (unpaired) electrons. The zero-order valence-corrected chi connectivity index (χ0v) is 17.1. The summed E-state index contributed by atoms with van der Waals surface area (Å²) in [6, 6.07) is 9.39. The molecule has 3 heterocycles. The van der Waals surface area contributed by atoms with Crippen molar-refractivity contribution in [2.45, 2.75) is 19.9 Å². The van der Waals surface area contributed by atoms with Crippen molar-refractivity contribution in [2.24, 2.45) is 0 Å². The molecule has 1 saturated heterocycles. The average molecular weight is 395 g/mol. The first kappa shape index (κ1) is 19.6. The summed E-state index contributed by atoms with van der Waals surface area (Å²) in [5.41, 5.74) is 3.02. The molecule has 1 amide bonds. The van der Waals surface area contributed by atoms with E-state index >= 15 is 0 Å². The maximum Gasteiger partial charge on any atom is 0.256 e. The molecule has 0 aliphatic carbocycles. The number of piperazine rings is 1. The Kier molecular flexibility index (Phi) is 5.90. The molecule has 0 bridgehead atoms. The van der Waals surface area contributed by atoms with Crippen LogP contribution in [0.3, 0.4) is 0 Å². The number of aromatic hydroxyl groups is 1. The van der Waals surface area contributed by atoms with Crippen molar-refractivity contribution < 1.29 is 9.90 Å². The topological polar surface area (TPSA) is 52.0 Å². The van der Waals surface area contributed by atoms with Gasteiger partial charge in [-0.25, -0.2) is 0 Å². The van der Waals surface area contributed by atoms with Crippen molar-refractivity contribution in [2.75, 3.05) is 50.7 Å². The molecule has 2 aliphatic heterocycles. The second-order valence-electron chi connectivity index (χ2n) is 7.75. The van der Waals surface area contributed by atoms with Gasteiger partial charge in [0, 0.05) is 57.7 Å². The lowest BCUT2D eigenvalue weighted by atomic mass is 10.2. The van der Waals surface area contributed by atoms with Crippen LogP contribution in [0.2, 0.25) is 0 Å². The SMILES string of the molecule is CCn1ccc2c1C=CCN(CCCN1CCN(c3ccc(O)cc3)CC1)C2=O. The molecule has 2 aliphatic rings. The second-order valence-corrected chi connectivity index (χ2v) is 7.75. The molecule has 1 aromatic heterocycles. The summed E-state index contributed by atoms with van der Waals surface area (Å²) in [7, 11) is 0. The number of nitrogens with zero attached hydrogens (tertiary/aromatic N) is 4. The van der Waals surface area contributed by atoms with Crippen molar-refractivity contribution in [1.29, 1.82) is 0 Å². The number of fused-ring (bicyclic) bond motifs is 1. The van der Waals surface area contributed by atoms with Gasteiger partial charge in [-0.1, -0.05) is 6.08 Å². The summed E-state index contributed by atoms with van der Waals surface area (Å²) < 4.78 is 2.13. The van der Waals surface area contributed by atoms with Gasteiger partial charge in [0.25, 0.3) is 5.91 Å². The molecule has 2 aromatic rings. The quantitative estimate of drug-likeness (QED) is 0.819. The van der Waals surface area contributed by atoms with Crippen molar-refractivity contribution >= 4 is 17.7 Å². The number of hydrogen-bond donors (Lipinski definition) is 1. The fourth-order valence-corrected chi connectivity index (χ4v) is 4.24. The van der Waals surface area contributed by atoms with Gasteiger partial charge in [-0.2, -0.15) is 0 Å². The summed E-state index contributed by atoms with van der Waals surface area (Å²) in [6.07, 6.45) is 7.18. The molecule has 1 N–H and O–H groups in total. The summed E-state index contributed by atoms with van der Waals surface area (Å²) in [4.78, 5) is 19.7. The Labute approximate surface area is 172 Å². The van der Waals surface area contributed by atoms with E-state index < -0.39 is 0 Å². The van der Waals surface area contributed by atoms with Crippen molar-refractivity contribution in [3.05, 3.63) is 53.9 Å². The third-order valence-electron chi connectivity index (χ3n) is 5.96. The zero-order chi connectivity index (χ0) is 20.2. The smallest absolute Gasteiger partial charge is 0.256 e. The average Bonchev–Trinajstić information content (AvgIpc) is 3.09. The minimum atomic E-state index is 0.148. The number of rotatable bonds is 6. The summed E-state index contributed by atoms with van der Waals surface area (Å²) >= 11 is 0. The highest BCUT2D eigenvalue weighted by Gasteiger charge is 2.22. The number of hydrogen-bond acceptors (Lipinski definition) is 4. The first-order valence-electron chi connectivity index (χ1n) is 10.6. The van der Waals surface area contributed by atoms with E-state index in [-0.39, 0.29) is 5.91 Å². The fourth-order valence-electron chi connectivity index (χ4n) is 4.24. The van der Waals surface area contributed by atoms with E-state index in [2.05, 4.69) is 33.4 Å². The molecule has 0 unspecified atom stereocenters. The van der Waals surface area contributed by atoms with Gasteiger partial charge in [0.1, 0.15) is 5.75 Å². The molecular formula is C23H30N4O2. The lowest BCUT2D eigenvalue weighted by Gasteiger charge is -2.36. The van der Waals surface area contributed by atoms with E-state index in [1.165, 1.54) is 5.69 Å². The molecule has 29 heavy (non-hydrogen) atoms. The van der Waals surface area contributed by atoms with Crippen molar-refractivity contribution in [3.8, 4) is 5.75 Å². The van der Waals surface area contributed by atoms with Gasteiger partial charge in [0.15, 0.2) is 0 Å². The van der Waals surface area contributed by atoms with E-state index in [4.69, 9.17) is 0 Å². The van der Waals surface area contributed by atoms with Gasteiger partial charge < -0.3 is 19.5 Å². The van der Waals surface area contributed by atoms with Gasteiger partial charge in [0.05, 0.1) is 11.3 Å². The van der Waals surface area contributed by atoms with Gasteiger partial charge >= 0.3 is 0 Å².